The predicted octanol–water partition coefficient (Wildman–Crippen LogP) is 5.76. The Balaban J connectivity index is 0.822. The summed E-state index contributed by atoms with van der Waals surface area (Å²) in [6.07, 6.45) is 3.13. The highest BCUT2D eigenvalue weighted by Crippen LogP contribution is 2.37. The summed E-state index contributed by atoms with van der Waals surface area (Å²) < 4.78 is 34.6. The summed E-state index contributed by atoms with van der Waals surface area (Å²) in [5.41, 5.74) is 17.3. The lowest BCUT2D eigenvalue weighted by Crippen LogP contribution is -2.28. The summed E-state index contributed by atoms with van der Waals surface area (Å²) in [5.74, 6) is -0.635. The van der Waals surface area contributed by atoms with Crippen LogP contribution in [0.15, 0.2) is 75.9 Å². The third-order valence-corrected chi connectivity index (χ3v) is 10.6. The van der Waals surface area contributed by atoms with E-state index in [9.17, 15) is 19.5 Å². The standard InChI is InChI=1S/C48H65N9O10/c1-33-44-41(31-48(2,3)32-43(44)59)57(56-33)37-12-13-38(45(49)60)40(30-37)51-16-5-19-63-21-23-65-25-27-67-28-26-66-24-22-64-20-6-17-52-46(61)35-8-10-36(11-9-35)54-55-39-14-7-34(29-42(39)58)15-18-53-47(50)62-4/h7-14,29-30,51,58H,5-6,15-28,31-32H2,1-4H3,(H2,49,60)(H2,50,53)(H,52,61). The molecule has 0 bridgehead atoms. The van der Waals surface area contributed by atoms with E-state index in [1.807, 2.05) is 23.7 Å². The molecule has 0 radical (unpaired) electrons. The third kappa shape index (κ3) is 16.8. The van der Waals surface area contributed by atoms with E-state index in [1.54, 1.807) is 48.5 Å². The van der Waals surface area contributed by atoms with E-state index in [4.69, 9.17) is 45.0 Å². The molecule has 0 saturated carbocycles. The summed E-state index contributed by atoms with van der Waals surface area (Å²) in [7, 11) is 1.45. The molecule has 0 unspecified atom stereocenters. The summed E-state index contributed by atoms with van der Waals surface area (Å²) >= 11 is 0. The highest BCUT2D eigenvalue weighted by molar-refractivity contribution is 6.00. The molecule has 1 heterocycles. The van der Waals surface area contributed by atoms with Crippen LogP contribution in [0.1, 0.15) is 81.1 Å². The zero-order chi connectivity index (χ0) is 48.0. The lowest BCUT2D eigenvalue weighted by Gasteiger charge is -2.29. The van der Waals surface area contributed by atoms with Crippen LogP contribution in [-0.4, -0.2) is 131 Å². The van der Waals surface area contributed by atoms with Gasteiger partial charge in [0.1, 0.15) is 11.4 Å². The molecule has 67 heavy (non-hydrogen) atoms. The average molecular weight is 928 g/mol. The summed E-state index contributed by atoms with van der Waals surface area (Å²) in [6, 6.07) is 17.2. The number of hydrogen-bond acceptors (Lipinski definition) is 15. The molecule has 19 heteroatoms. The molecule has 0 fully saturated rings. The van der Waals surface area contributed by atoms with Crippen molar-refractivity contribution in [3.8, 4) is 11.4 Å². The fraction of sp³-hybridized carbons (Fsp3) is 0.479. The van der Waals surface area contributed by atoms with Gasteiger partial charge in [-0.3, -0.25) is 14.4 Å². The maximum absolute atomic E-state index is 12.9. The van der Waals surface area contributed by atoms with E-state index < -0.39 is 5.91 Å². The number of nitrogens with two attached hydrogens (primary N) is 2. The number of carbonyl (C=O) groups excluding carboxylic acids is 3. The molecule has 3 aromatic carbocycles. The van der Waals surface area contributed by atoms with Crippen LogP contribution in [-0.2, 0) is 41.3 Å². The number of aromatic nitrogens is 2. The number of fused-ring (bicyclic) bond motifs is 1. The SMILES string of the molecule is COC(N)=NCCc1ccc(N=Nc2ccc(C(=O)NCCCOCCOCCOCCOCCOCCCNc3cc(-n4nc(C)c5c4CC(C)(C)CC5=O)ccc3C(N)=O)cc2)c(O)c1. The number of benzene rings is 3. The molecule has 7 N–H and O–H groups in total. The van der Waals surface area contributed by atoms with E-state index in [2.05, 4.69) is 39.7 Å². The number of Topliss-reactive ketones (excluding diaryl/α,β-unsaturated/α-hetero) is 1. The van der Waals surface area contributed by atoms with Crippen molar-refractivity contribution in [3.05, 3.63) is 94.3 Å². The minimum absolute atomic E-state index is 0.00467. The van der Waals surface area contributed by atoms with Gasteiger partial charge in [-0.05, 0) is 98.2 Å². The van der Waals surface area contributed by atoms with Crippen molar-refractivity contribution >= 4 is 40.7 Å². The fourth-order valence-electron chi connectivity index (χ4n) is 7.20. The van der Waals surface area contributed by atoms with E-state index in [1.165, 1.54) is 7.11 Å². The second-order valence-electron chi connectivity index (χ2n) is 16.5. The molecule has 1 aromatic heterocycles. The number of amidine groups is 1. The van der Waals surface area contributed by atoms with Crippen LogP contribution in [0.5, 0.6) is 5.75 Å². The molecule has 2 amide bonds. The van der Waals surface area contributed by atoms with E-state index >= 15 is 0 Å². The largest absolute Gasteiger partial charge is 0.506 e. The van der Waals surface area contributed by atoms with E-state index in [0.717, 1.165) is 23.4 Å². The minimum Gasteiger partial charge on any atom is -0.506 e. The average Bonchev–Trinajstić information content (AvgIpc) is 3.63. The van der Waals surface area contributed by atoms with Gasteiger partial charge in [-0.15, -0.1) is 5.11 Å². The number of azo groups is 1. The number of aliphatic imine (C=N–C) groups is 1. The number of hydrogen-bond donors (Lipinski definition) is 5. The van der Waals surface area contributed by atoms with Crippen molar-refractivity contribution in [3.63, 3.8) is 0 Å². The van der Waals surface area contributed by atoms with Crippen LogP contribution in [0.2, 0.25) is 0 Å². The molecule has 19 nitrogen and oxygen atoms in total. The number of ketones is 1. The number of amides is 2. The minimum atomic E-state index is -0.534. The number of aromatic hydroxyl groups is 1. The van der Waals surface area contributed by atoms with Crippen LogP contribution < -0.4 is 22.1 Å². The molecule has 1 aliphatic carbocycles. The highest BCUT2D eigenvalue weighted by atomic mass is 16.6. The number of anilines is 1. The first-order chi connectivity index (χ1) is 32.3. The van der Waals surface area contributed by atoms with Gasteiger partial charge in [0, 0.05) is 50.5 Å². The predicted molar refractivity (Wildman–Crippen MR) is 253 cm³/mol. The van der Waals surface area contributed by atoms with Crippen molar-refractivity contribution in [2.45, 2.75) is 52.9 Å². The van der Waals surface area contributed by atoms with Crippen LogP contribution in [0.3, 0.4) is 0 Å². The molecule has 5 rings (SSSR count). The van der Waals surface area contributed by atoms with Crippen molar-refractivity contribution in [1.29, 1.82) is 0 Å². The number of phenolic OH excluding ortho intramolecular Hbond substituents is 1. The second-order valence-corrected chi connectivity index (χ2v) is 16.5. The molecule has 1 aliphatic rings. The van der Waals surface area contributed by atoms with Gasteiger partial charge in [0.25, 0.3) is 17.8 Å². The topological polar surface area (TPSA) is 258 Å². The zero-order valence-corrected chi connectivity index (χ0v) is 39.0. The molecule has 0 aliphatic heterocycles. The zero-order valence-electron chi connectivity index (χ0n) is 39.0. The lowest BCUT2D eigenvalue weighted by molar-refractivity contribution is -0.0111. The molecular formula is C48H65N9O10. The van der Waals surface area contributed by atoms with Crippen molar-refractivity contribution < 1.29 is 47.9 Å². The maximum atomic E-state index is 12.9. The first kappa shape index (κ1) is 51.7. The van der Waals surface area contributed by atoms with Gasteiger partial charge < -0.3 is 55.6 Å². The Morgan fingerprint density at radius 1 is 0.806 bits per heavy atom. The van der Waals surface area contributed by atoms with Gasteiger partial charge in [-0.25, -0.2) is 9.67 Å². The van der Waals surface area contributed by atoms with Crippen molar-refractivity contribution in [1.82, 2.24) is 15.1 Å². The van der Waals surface area contributed by atoms with E-state index in [-0.39, 0.29) is 28.9 Å². The molecule has 0 atom stereocenters. The van der Waals surface area contributed by atoms with Gasteiger partial charge in [0.15, 0.2) is 5.78 Å². The van der Waals surface area contributed by atoms with E-state index in [0.29, 0.717) is 151 Å². The van der Waals surface area contributed by atoms with Gasteiger partial charge in [0.05, 0.1) is 93.9 Å². The number of nitrogens with one attached hydrogen (secondary N) is 2. The Labute approximate surface area is 391 Å². The molecule has 4 aromatic rings. The summed E-state index contributed by atoms with van der Waals surface area (Å²) in [6.45, 7) is 11.9. The van der Waals surface area contributed by atoms with Crippen LogP contribution >= 0.6 is 0 Å². The summed E-state index contributed by atoms with van der Waals surface area (Å²) in [5, 5.41) is 29.5. The molecule has 0 saturated heterocycles. The number of nitrogens with zero attached hydrogens (tertiary/aromatic N) is 5. The highest BCUT2D eigenvalue weighted by Gasteiger charge is 2.36. The Morgan fingerprint density at radius 3 is 2.04 bits per heavy atom. The summed E-state index contributed by atoms with van der Waals surface area (Å²) in [4.78, 5) is 41.7. The number of phenols is 1. The molecular weight excluding hydrogens is 863 g/mol. The second kappa shape index (κ2) is 26.8. The van der Waals surface area contributed by atoms with Gasteiger partial charge in [-0.1, -0.05) is 19.9 Å². The number of primary amides is 1. The number of rotatable bonds is 29. The first-order valence-corrected chi connectivity index (χ1v) is 22.5. The Bertz CT molecular complexity index is 2300. The normalized spacial score (nSPS) is 13.5. The fourth-order valence-corrected chi connectivity index (χ4v) is 7.20. The first-order valence-electron chi connectivity index (χ1n) is 22.5. The van der Waals surface area contributed by atoms with Crippen molar-refractivity contribution in [2.75, 3.05) is 98.1 Å². The third-order valence-electron chi connectivity index (χ3n) is 10.6. The van der Waals surface area contributed by atoms with Crippen molar-refractivity contribution in [2.24, 2.45) is 32.1 Å². The van der Waals surface area contributed by atoms with Gasteiger partial charge in [-0.2, -0.15) is 10.2 Å². The molecule has 0 spiro atoms. The van der Waals surface area contributed by atoms with Crippen LogP contribution in [0.4, 0.5) is 17.1 Å². The Morgan fingerprint density at radius 2 is 1.43 bits per heavy atom. The van der Waals surface area contributed by atoms with Gasteiger partial charge in [0.2, 0.25) is 0 Å². The Kier molecular flexibility index (Phi) is 20.7. The number of aryl methyl sites for hydroxylation is 1. The monoisotopic (exact) mass is 927 g/mol. The number of methoxy groups -OCH3 is 1. The van der Waals surface area contributed by atoms with Crippen LogP contribution in [0.25, 0.3) is 5.69 Å². The maximum Gasteiger partial charge on any atom is 0.281 e. The van der Waals surface area contributed by atoms with Crippen LogP contribution in [0, 0.1) is 12.3 Å². The van der Waals surface area contributed by atoms with Gasteiger partial charge >= 0.3 is 0 Å². The smallest absolute Gasteiger partial charge is 0.281 e. The molecule has 362 valence electrons. The lowest BCUT2D eigenvalue weighted by atomic mass is 9.75. The number of carbonyl (C=O) groups is 3. The number of ether oxygens (including phenoxy) is 6. The Hall–Kier alpha value is -6.25. The quantitative estimate of drug-likeness (QED) is 0.0188.